The number of allylic oxidation sites excluding steroid dienone is 2. The monoisotopic (exact) mass is 380 g/mol. The van der Waals surface area contributed by atoms with Crippen LogP contribution in [0.5, 0.6) is 0 Å². The average molecular weight is 381 g/mol. The summed E-state index contributed by atoms with van der Waals surface area (Å²) in [5.74, 6) is -1.52. The maximum atomic E-state index is 16.9. The molecule has 0 unspecified atom stereocenters. The van der Waals surface area contributed by atoms with Crippen molar-refractivity contribution in [1.29, 1.82) is 0 Å². The van der Waals surface area contributed by atoms with E-state index in [1.807, 2.05) is 20.8 Å². The lowest BCUT2D eigenvalue weighted by Crippen LogP contribution is -2.69. The molecule has 0 heterocycles. The third-order valence-electron chi connectivity index (χ3n) is 9.26. The first-order valence-electron chi connectivity index (χ1n) is 10.5. The van der Waals surface area contributed by atoms with E-state index in [9.17, 15) is 20.1 Å². The summed E-state index contributed by atoms with van der Waals surface area (Å²) in [6, 6.07) is 0. The Bertz CT molecular complexity index is 692. The van der Waals surface area contributed by atoms with Crippen molar-refractivity contribution in [2.75, 3.05) is 6.61 Å². The number of Topliss-reactive ketones (excluding diaryl/α,β-unsaturated/α-hetero) is 1. The molecule has 4 nitrogen and oxygen atoms in total. The fraction of sp³-hybridized carbons (Fsp3) is 0.864. The lowest BCUT2D eigenvalue weighted by atomic mass is 9.44. The summed E-state index contributed by atoms with van der Waals surface area (Å²) in [6.07, 6.45) is 5.67. The highest BCUT2D eigenvalue weighted by molar-refractivity contribution is 5.90. The average Bonchev–Trinajstić information content (AvgIpc) is 2.83. The second-order valence-electron chi connectivity index (χ2n) is 10.1. The molecule has 0 bridgehead atoms. The topological polar surface area (TPSA) is 77.8 Å². The quantitative estimate of drug-likeness (QED) is 0.644. The number of rotatable bonds is 2. The summed E-state index contributed by atoms with van der Waals surface area (Å²) in [5.41, 5.74) is -3.88. The van der Waals surface area contributed by atoms with Crippen LogP contribution in [0.2, 0.25) is 0 Å². The first-order valence-corrected chi connectivity index (χ1v) is 10.5. The molecule has 3 saturated carbocycles. The molecule has 0 aromatic carbocycles. The van der Waals surface area contributed by atoms with E-state index < -0.39 is 40.6 Å². The molecule has 3 fully saturated rings. The van der Waals surface area contributed by atoms with Gasteiger partial charge in [-0.2, -0.15) is 0 Å². The van der Waals surface area contributed by atoms with Gasteiger partial charge in [0.25, 0.3) is 0 Å². The van der Waals surface area contributed by atoms with Crippen molar-refractivity contribution >= 4 is 5.78 Å². The van der Waals surface area contributed by atoms with Gasteiger partial charge in [0, 0.05) is 16.7 Å². The number of hydrogen-bond donors (Lipinski definition) is 3. The van der Waals surface area contributed by atoms with E-state index in [2.05, 4.69) is 6.08 Å². The molecular formula is C22H33FO4. The maximum absolute atomic E-state index is 16.9. The predicted octanol–water partition coefficient (Wildman–Crippen LogP) is 2.94. The number of aliphatic hydroxyl groups excluding tert-OH is 2. The molecule has 0 spiro atoms. The highest BCUT2D eigenvalue weighted by atomic mass is 19.1. The summed E-state index contributed by atoms with van der Waals surface area (Å²) in [5, 5.41) is 32.1. The lowest BCUT2D eigenvalue weighted by Gasteiger charge is -2.63. The fourth-order valence-electron chi connectivity index (χ4n) is 7.81. The Kier molecular flexibility index (Phi) is 4.24. The van der Waals surface area contributed by atoms with Crippen LogP contribution >= 0.6 is 0 Å². The van der Waals surface area contributed by atoms with Gasteiger partial charge in [0.15, 0.2) is 5.78 Å². The van der Waals surface area contributed by atoms with Crippen LogP contribution in [0.15, 0.2) is 11.6 Å². The third-order valence-corrected chi connectivity index (χ3v) is 9.26. The molecule has 0 amide bonds. The van der Waals surface area contributed by atoms with Gasteiger partial charge in [-0.15, -0.1) is 0 Å². The number of hydrogen-bond acceptors (Lipinski definition) is 4. The molecule has 0 aliphatic heterocycles. The molecule has 4 aliphatic rings. The van der Waals surface area contributed by atoms with Crippen molar-refractivity contribution in [3.63, 3.8) is 0 Å². The van der Waals surface area contributed by atoms with Gasteiger partial charge in [-0.05, 0) is 56.8 Å². The van der Waals surface area contributed by atoms with Crippen LogP contribution < -0.4 is 0 Å². The van der Waals surface area contributed by atoms with E-state index in [4.69, 9.17) is 0 Å². The number of alkyl halides is 1. The van der Waals surface area contributed by atoms with E-state index in [1.165, 1.54) is 0 Å². The third kappa shape index (κ3) is 2.06. The van der Waals surface area contributed by atoms with Crippen LogP contribution in [-0.4, -0.2) is 45.1 Å². The SMILES string of the molecule is C[C@H]1C[C@H]2[C@@H]3CCC4=CCCC[C@]4(C)[C@@]3(F)[C@@H](O)C[C@]2(C)[C@@]1(O)C(=O)CO. The highest BCUT2D eigenvalue weighted by Gasteiger charge is 2.75. The summed E-state index contributed by atoms with van der Waals surface area (Å²) < 4.78 is 16.9. The number of ketones is 1. The Morgan fingerprint density at radius 3 is 2.70 bits per heavy atom. The molecule has 27 heavy (non-hydrogen) atoms. The zero-order chi connectivity index (χ0) is 19.8. The zero-order valence-corrected chi connectivity index (χ0v) is 16.7. The van der Waals surface area contributed by atoms with Crippen LogP contribution in [0.3, 0.4) is 0 Å². The molecule has 5 heteroatoms. The fourth-order valence-corrected chi connectivity index (χ4v) is 7.81. The molecule has 0 aromatic heterocycles. The van der Waals surface area contributed by atoms with Gasteiger partial charge in [0.2, 0.25) is 0 Å². The second-order valence-corrected chi connectivity index (χ2v) is 10.1. The molecule has 4 rings (SSSR count). The van der Waals surface area contributed by atoms with Gasteiger partial charge in [0.1, 0.15) is 17.9 Å². The van der Waals surface area contributed by atoms with Crippen LogP contribution in [0, 0.1) is 28.6 Å². The zero-order valence-electron chi connectivity index (χ0n) is 16.7. The van der Waals surface area contributed by atoms with Gasteiger partial charge in [-0.3, -0.25) is 4.79 Å². The molecule has 152 valence electrons. The van der Waals surface area contributed by atoms with Crippen molar-refractivity contribution in [1.82, 2.24) is 0 Å². The van der Waals surface area contributed by atoms with Crippen LogP contribution in [-0.2, 0) is 4.79 Å². The molecule has 4 aliphatic carbocycles. The van der Waals surface area contributed by atoms with Crippen molar-refractivity contribution in [3.05, 3.63) is 11.6 Å². The number of carbonyl (C=O) groups excluding carboxylic acids is 1. The second kappa shape index (κ2) is 5.87. The van der Waals surface area contributed by atoms with Gasteiger partial charge in [0.05, 0.1) is 6.10 Å². The lowest BCUT2D eigenvalue weighted by molar-refractivity contribution is -0.228. The van der Waals surface area contributed by atoms with Gasteiger partial charge in [-0.1, -0.05) is 32.4 Å². The van der Waals surface area contributed by atoms with Crippen molar-refractivity contribution in [2.45, 2.75) is 83.1 Å². The molecular weight excluding hydrogens is 347 g/mol. The molecule has 3 N–H and O–H groups in total. The Morgan fingerprint density at radius 1 is 1.33 bits per heavy atom. The first kappa shape index (κ1) is 19.5. The van der Waals surface area contributed by atoms with Crippen molar-refractivity contribution < 1.29 is 24.5 Å². The van der Waals surface area contributed by atoms with Crippen LogP contribution in [0.4, 0.5) is 4.39 Å². The minimum Gasteiger partial charge on any atom is -0.390 e. The number of aliphatic hydroxyl groups is 3. The van der Waals surface area contributed by atoms with Crippen molar-refractivity contribution in [3.8, 4) is 0 Å². The maximum Gasteiger partial charge on any atom is 0.190 e. The predicted molar refractivity (Wildman–Crippen MR) is 99.6 cm³/mol. The molecule has 0 saturated heterocycles. The van der Waals surface area contributed by atoms with E-state index in [0.29, 0.717) is 12.8 Å². The van der Waals surface area contributed by atoms with Gasteiger partial charge in [-0.25, -0.2) is 4.39 Å². The number of halogens is 1. The standard InChI is InChI=1S/C22H33FO4/c1-13-10-16-15-8-7-14-6-4-5-9-19(14,2)21(15,23)17(25)11-20(16,3)22(13,27)18(26)12-24/h6,13,15-17,24-25,27H,4-5,7-12H2,1-3H3/t13-,15-,16-,17-,19-,20-,21-,22-/m0/s1. The van der Waals surface area contributed by atoms with Gasteiger partial charge >= 0.3 is 0 Å². The summed E-state index contributed by atoms with van der Waals surface area (Å²) >= 11 is 0. The Morgan fingerprint density at radius 2 is 2.04 bits per heavy atom. The highest BCUT2D eigenvalue weighted by Crippen LogP contribution is 2.71. The van der Waals surface area contributed by atoms with E-state index in [-0.39, 0.29) is 24.2 Å². The van der Waals surface area contributed by atoms with Crippen LogP contribution in [0.25, 0.3) is 0 Å². The first-order chi connectivity index (χ1) is 12.6. The van der Waals surface area contributed by atoms with E-state index in [1.54, 1.807) is 0 Å². The Balaban J connectivity index is 1.82. The summed E-state index contributed by atoms with van der Waals surface area (Å²) in [4.78, 5) is 12.6. The Hall–Kier alpha value is -0.780. The number of carbonyl (C=O) groups is 1. The molecule has 0 radical (unpaired) electrons. The Labute approximate surface area is 160 Å². The summed E-state index contributed by atoms with van der Waals surface area (Å²) in [6.45, 7) is 4.89. The molecule has 8 atom stereocenters. The largest absolute Gasteiger partial charge is 0.390 e. The molecule has 0 aromatic rings. The van der Waals surface area contributed by atoms with Crippen LogP contribution in [0.1, 0.15) is 65.7 Å². The normalized spacial score (nSPS) is 54.6. The van der Waals surface area contributed by atoms with E-state index >= 15 is 4.39 Å². The summed E-state index contributed by atoms with van der Waals surface area (Å²) in [7, 11) is 0. The van der Waals surface area contributed by atoms with E-state index in [0.717, 1.165) is 31.3 Å². The minimum atomic E-state index is -1.73. The van der Waals surface area contributed by atoms with Gasteiger partial charge < -0.3 is 15.3 Å². The van der Waals surface area contributed by atoms with Crippen molar-refractivity contribution in [2.24, 2.45) is 28.6 Å². The number of fused-ring (bicyclic) bond motifs is 5. The smallest absolute Gasteiger partial charge is 0.190 e. The minimum absolute atomic E-state index is 0.0557.